The third kappa shape index (κ3) is 2.55. The summed E-state index contributed by atoms with van der Waals surface area (Å²) in [6.45, 7) is 3.10. The van der Waals surface area contributed by atoms with Gasteiger partial charge in [-0.25, -0.2) is 0 Å². The van der Waals surface area contributed by atoms with E-state index in [0.29, 0.717) is 19.1 Å². The van der Waals surface area contributed by atoms with Crippen LogP contribution in [-0.2, 0) is 6.54 Å². The van der Waals surface area contributed by atoms with E-state index in [9.17, 15) is 0 Å². The quantitative estimate of drug-likeness (QED) is 0.860. The lowest BCUT2D eigenvalue weighted by Crippen LogP contribution is -2.25. The second-order valence-corrected chi connectivity index (χ2v) is 6.83. The molecule has 2 aromatic rings. The van der Waals surface area contributed by atoms with Crippen molar-refractivity contribution in [1.82, 2.24) is 15.0 Å². The largest absolute Gasteiger partial charge is 0.486 e. The molecule has 5 rings (SSSR count). The van der Waals surface area contributed by atoms with Crippen molar-refractivity contribution in [1.29, 1.82) is 0 Å². The number of hydrogen-bond donors (Lipinski definition) is 0. The van der Waals surface area contributed by atoms with Crippen LogP contribution in [-0.4, -0.2) is 34.8 Å². The fourth-order valence-corrected chi connectivity index (χ4v) is 3.66. The van der Waals surface area contributed by atoms with Crippen molar-refractivity contribution >= 4 is 0 Å². The van der Waals surface area contributed by atoms with E-state index in [4.69, 9.17) is 14.0 Å². The van der Waals surface area contributed by atoms with Gasteiger partial charge in [-0.2, -0.15) is 4.98 Å². The number of para-hydroxylation sites is 1. The number of hydrogen-bond acceptors (Lipinski definition) is 6. The molecule has 0 unspecified atom stereocenters. The third-order valence-electron chi connectivity index (χ3n) is 5.07. The van der Waals surface area contributed by atoms with Crippen molar-refractivity contribution in [3.05, 3.63) is 35.5 Å². The van der Waals surface area contributed by atoms with Gasteiger partial charge >= 0.3 is 0 Å². The summed E-state index contributed by atoms with van der Waals surface area (Å²) in [5.41, 5.74) is 1.17. The SMILES string of the molecule is c1cc(CN2CCC[C@H]2c2noc(C3CC3)n2)c2c(c1)OCCO2. The van der Waals surface area contributed by atoms with Gasteiger partial charge in [-0.3, -0.25) is 4.90 Å². The maximum Gasteiger partial charge on any atom is 0.229 e. The van der Waals surface area contributed by atoms with Crippen molar-refractivity contribution in [3.8, 4) is 11.5 Å². The fourth-order valence-electron chi connectivity index (χ4n) is 3.66. The number of rotatable bonds is 4. The molecule has 2 aliphatic heterocycles. The highest BCUT2D eigenvalue weighted by Gasteiger charge is 2.34. The van der Waals surface area contributed by atoms with Gasteiger partial charge in [0.25, 0.3) is 0 Å². The maximum absolute atomic E-state index is 5.85. The van der Waals surface area contributed by atoms with Crippen LogP contribution in [0.15, 0.2) is 22.7 Å². The highest BCUT2D eigenvalue weighted by atomic mass is 16.6. The van der Waals surface area contributed by atoms with Gasteiger partial charge in [0.05, 0.1) is 6.04 Å². The first kappa shape index (κ1) is 14.3. The van der Waals surface area contributed by atoms with Gasteiger partial charge in [0.15, 0.2) is 17.3 Å². The van der Waals surface area contributed by atoms with E-state index in [2.05, 4.69) is 21.1 Å². The second-order valence-electron chi connectivity index (χ2n) is 6.83. The van der Waals surface area contributed by atoms with Gasteiger partial charge in [-0.1, -0.05) is 17.3 Å². The minimum atomic E-state index is 0.238. The molecule has 0 amide bonds. The summed E-state index contributed by atoms with van der Waals surface area (Å²) >= 11 is 0. The monoisotopic (exact) mass is 327 g/mol. The van der Waals surface area contributed by atoms with E-state index >= 15 is 0 Å². The molecule has 3 heterocycles. The van der Waals surface area contributed by atoms with Crippen LogP contribution in [0.5, 0.6) is 11.5 Å². The van der Waals surface area contributed by atoms with Gasteiger partial charge in [0.2, 0.25) is 5.89 Å². The number of aromatic nitrogens is 2. The highest BCUT2D eigenvalue weighted by molar-refractivity contribution is 5.47. The molecule has 0 N–H and O–H groups in total. The van der Waals surface area contributed by atoms with E-state index in [1.165, 1.54) is 18.4 Å². The molecule has 24 heavy (non-hydrogen) atoms. The van der Waals surface area contributed by atoms with Crippen LogP contribution in [0.25, 0.3) is 0 Å². The van der Waals surface area contributed by atoms with Crippen LogP contribution < -0.4 is 9.47 Å². The molecule has 1 saturated heterocycles. The standard InChI is InChI=1S/C18H21N3O3/c1-3-13(16-15(5-1)22-9-10-23-16)11-21-8-2-4-14(21)17-19-18(24-20-17)12-6-7-12/h1,3,5,12,14H,2,4,6-11H2/t14-/m0/s1. The highest BCUT2D eigenvalue weighted by Crippen LogP contribution is 2.41. The minimum absolute atomic E-state index is 0.238. The molecule has 1 aromatic carbocycles. The zero-order valence-electron chi connectivity index (χ0n) is 13.6. The van der Waals surface area contributed by atoms with Crippen molar-refractivity contribution < 1.29 is 14.0 Å². The molecule has 0 bridgehead atoms. The number of fused-ring (bicyclic) bond motifs is 1. The van der Waals surface area contributed by atoms with Crippen LogP contribution in [0.3, 0.4) is 0 Å². The molecular formula is C18H21N3O3. The van der Waals surface area contributed by atoms with E-state index < -0.39 is 0 Å². The number of nitrogens with zero attached hydrogens (tertiary/aromatic N) is 3. The lowest BCUT2D eigenvalue weighted by Gasteiger charge is -2.25. The van der Waals surface area contributed by atoms with E-state index in [1.807, 2.05) is 12.1 Å². The first-order valence-corrected chi connectivity index (χ1v) is 8.83. The third-order valence-corrected chi connectivity index (χ3v) is 5.07. The predicted molar refractivity (Wildman–Crippen MR) is 86.1 cm³/mol. The van der Waals surface area contributed by atoms with Crippen LogP contribution in [0.4, 0.5) is 0 Å². The van der Waals surface area contributed by atoms with E-state index in [1.54, 1.807) is 0 Å². The average molecular weight is 327 g/mol. The predicted octanol–water partition coefficient (Wildman–Crippen LogP) is 3.06. The summed E-state index contributed by atoms with van der Waals surface area (Å²) in [4.78, 5) is 7.08. The Kier molecular flexibility index (Phi) is 3.43. The van der Waals surface area contributed by atoms with Crippen LogP contribution >= 0.6 is 0 Å². The van der Waals surface area contributed by atoms with Gasteiger partial charge in [0, 0.05) is 18.0 Å². The Morgan fingerprint density at radius 2 is 2.04 bits per heavy atom. The normalized spacial score (nSPS) is 23.6. The Morgan fingerprint density at radius 1 is 1.12 bits per heavy atom. The number of likely N-dealkylation sites (tertiary alicyclic amines) is 1. The molecule has 0 radical (unpaired) electrons. The molecule has 1 aliphatic carbocycles. The van der Waals surface area contributed by atoms with E-state index in [0.717, 1.165) is 49.1 Å². The van der Waals surface area contributed by atoms with E-state index in [-0.39, 0.29) is 6.04 Å². The summed E-state index contributed by atoms with van der Waals surface area (Å²) in [6.07, 6.45) is 4.60. The van der Waals surface area contributed by atoms with Crippen molar-refractivity contribution in [3.63, 3.8) is 0 Å². The molecule has 2 fully saturated rings. The van der Waals surface area contributed by atoms with Gasteiger partial charge < -0.3 is 14.0 Å². The molecule has 6 heteroatoms. The summed E-state index contributed by atoms with van der Waals surface area (Å²) in [5.74, 6) is 3.92. The van der Waals surface area contributed by atoms with Crippen LogP contribution in [0.1, 0.15) is 54.9 Å². The molecule has 3 aliphatic rings. The molecule has 1 saturated carbocycles. The molecule has 6 nitrogen and oxygen atoms in total. The zero-order chi connectivity index (χ0) is 15.9. The van der Waals surface area contributed by atoms with Crippen LogP contribution in [0, 0.1) is 0 Å². The smallest absolute Gasteiger partial charge is 0.229 e. The maximum atomic E-state index is 5.85. The summed E-state index contributed by atoms with van der Waals surface area (Å²) < 4.78 is 17.0. The molecule has 1 atom stereocenters. The second kappa shape index (κ2) is 5.77. The lowest BCUT2D eigenvalue weighted by atomic mass is 10.1. The first-order chi connectivity index (χ1) is 11.9. The Hall–Kier alpha value is -2.08. The minimum Gasteiger partial charge on any atom is -0.486 e. The van der Waals surface area contributed by atoms with Crippen LogP contribution in [0.2, 0.25) is 0 Å². The topological polar surface area (TPSA) is 60.6 Å². The summed E-state index contributed by atoms with van der Waals surface area (Å²) in [7, 11) is 0. The Balaban J connectivity index is 1.37. The Morgan fingerprint density at radius 3 is 2.96 bits per heavy atom. The zero-order valence-corrected chi connectivity index (χ0v) is 13.6. The number of benzene rings is 1. The Bertz CT molecular complexity index is 741. The molecule has 1 aromatic heterocycles. The fraction of sp³-hybridized carbons (Fsp3) is 0.556. The molecule has 126 valence electrons. The first-order valence-electron chi connectivity index (χ1n) is 8.83. The van der Waals surface area contributed by atoms with Gasteiger partial charge in [-0.15, -0.1) is 0 Å². The number of ether oxygens (including phenoxy) is 2. The van der Waals surface area contributed by atoms with Gasteiger partial charge in [0.1, 0.15) is 13.2 Å². The lowest BCUT2D eigenvalue weighted by molar-refractivity contribution is 0.165. The Labute approximate surface area is 140 Å². The average Bonchev–Trinajstić information content (AvgIpc) is 3.17. The van der Waals surface area contributed by atoms with Crippen molar-refractivity contribution in [2.45, 2.75) is 44.2 Å². The summed E-state index contributed by atoms with van der Waals surface area (Å²) in [5, 5.41) is 4.26. The molecular weight excluding hydrogens is 306 g/mol. The summed E-state index contributed by atoms with van der Waals surface area (Å²) in [6, 6.07) is 6.37. The van der Waals surface area contributed by atoms with Crippen molar-refractivity contribution in [2.75, 3.05) is 19.8 Å². The van der Waals surface area contributed by atoms with Gasteiger partial charge in [-0.05, 0) is 38.3 Å². The van der Waals surface area contributed by atoms with Crippen molar-refractivity contribution in [2.24, 2.45) is 0 Å². The molecule has 0 spiro atoms.